The van der Waals surface area contributed by atoms with Crippen LogP contribution < -0.4 is 5.32 Å². The lowest BCUT2D eigenvalue weighted by Gasteiger charge is -2.15. The molecule has 0 unspecified atom stereocenters. The molecule has 2 aromatic rings. The van der Waals surface area contributed by atoms with Crippen molar-refractivity contribution in [3.05, 3.63) is 36.2 Å². The van der Waals surface area contributed by atoms with Crippen molar-refractivity contribution in [2.45, 2.75) is 19.4 Å². The minimum absolute atomic E-state index is 0.0553. The van der Waals surface area contributed by atoms with Crippen LogP contribution in [0.5, 0.6) is 0 Å². The molecular formula is C14H15N3O. The number of aromatic nitrogens is 1. The first-order valence-corrected chi connectivity index (χ1v) is 5.94. The van der Waals surface area contributed by atoms with Crippen molar-refractivity contribution in [1.29, 1.82) is 5.26 Å². The lowest BCUT2D eigenvalue weighted by atomic mass is 10.1. The lowest BCUT2D eigenvalue weighted by Crippen LogP contribution is -2.22. The smallest absolute Gasteiger partial charge is 0.148 e. The molecule has 0 aliphatic heterocycles. The molecule has 4 heteroatoms. The maximum atomic E-state index is 9.17. The van der Waals surface area contributed by atoms with Crippen molar-refractivity contribution in [3.63, 3.8) is 0 Å². The number of aliphatic hydroxyl groups is 1. The molecule has 0 spiro atoms. The SMILES string of the molecule is CC[C@H](CO)Nc1ccc2c(C#N)nccc2c1. The highest BCUT2D eigenvalue weighted by atomic mass is 16.3. The summed E-state index contributed by atoms with van der Waals surface area (Å²) in [5.41, 5.74) is 1.38. The standard InChI is InChI=1S/C14H15N3O/c1-2-11(9-18)17-12-3-4-13-10(7-12)5-6-16-14(13)8-15/h3-7,11,17-18H,2,9H2,1H3/t11-/m1/s1. The van der Waals surface area contributed by atoms with E-state index >= 15 is 0 Å². The molecule has 0 saturated heterocycles. The van der Waals surface area contributed by atoms with Crippen LogP contribution in [0.1, 0.15) is 19.0 Å². The highest BCUT2D eigenvalue weighted by Gasteiger charge is 2.06. The lowest BCUT2D eigenvalue weighted by molar-refractivity contribution is 0.272. The maximum Gasteiger partial charge on any atom is 0.148 e. The van der Waals surface area contributed by atoms with E-state index in [0.29, 0.717) is 5.69 Å². The number of benzene rings is 1. The van der Waals surface area contributed by atoms with E-state index in [1.165, 1.54) is 0 Å². The van der Waals surface area contributed by atoms with E-state index in [2.05, 4.69) is 16.4 Å². The van der Waals surface area contributed by atoms with Gasteiger partial charge in [-0.1, -0.05) is 6.92 Å². The third-order valence-electron chi connectivity index (χ3n) is 2.95. The van der Waals surface area contributed by atoms with E-state index in [1.807, 2.05) is 31.2 Å². The number of nitrogens with zero attached hydrogens (tertiary/aromatic N) is 2. The molecule has 0 saturated carbocycles. The van der Waals surface area contributed by atoms with Crippen molar-refractivity contribution < 1.29 is 5.11 Å². The number of nitrogens with one attached hydrogen (secondary N) is 1. The average molecular weight is 241 g/mol. The summed E-state index contributed by atoms with van der Waals surface area (Å²) in [4.78, 5) is 4.03. The molecule has 18 heavy (non-hydrogen) atoms. The molecule has 0 fully saturated rings. The van der Waals surface area contributed by atoms with Crippen molar-refractivity contribution in [2.24, 2.45) is 0 Å². The molecule has 2 rings (SSSR count). The largest absolute Gasteiger partial charge is 0.394 e. The Morgan fingerprint density at radius 1 is 1.44 bits per heavy atom. The Balaban J connectivity index is 2.37. The van der Waals surface area contributed by atoms with Gasteiger partial charge in [0.25, 0.3) is 0 Å². The fourth-order valence-electron chi connectivity index (χ4n) is 1.87. The molecule has 0 aliphatic carbocycles. The quantitative estimate of drug-likeness (QED) is 0.861. The molecule has 0 bridgehead atoms. The van der Waals surface area contributed by atoms with E-state index in [4.69, 9.17) is 10.4 Å². The number of anilines is 1. The van der Waals surface area contributed by atoms with Gasteiger partial charge in [0.05, 0.1) is 6.61 Å². The average Bonchev–Trinajstić information content (AvgIpc) is 2.43. The molecule has 0 aliphatic rings. The van der Waals surface area contributed by atoms with Gasteiger partial charge in [-0.3, -0.25) is 0 Å². The van der Waals surface area contributed by atoms with Gasteiger partial charge in [0.1, 0.15) is 11.8 Å². The fourth-order valence-corrected chi connectivity index (χ4v) is 1.87. The molecule has 0 amide bonds. The molecule has 1 heterocycles. The highest BCUT2D eigenvalue weighted by molar-refractivity contribution is 5.89. The van der Waals surface area contributed by atoms with E-state index in [0.717, 1.165) is 22.9 Å². The first-order valence-electron chi connectivity index (χ1n) is 5.94. The van der Waals surface area contributed by atoms with Crippen LogP contribution in [0.25, 0.3) is 10.8 Å². The zero-order valence-electron chi connectivity index (χ0n) is 10.2. The Morgan fingerprint density at radius 3 is 2.94 bits per heavy atom. The van der Waals surface area contributed by atoms with Gasteiger partial charge in [-0.25, -0.2) is 4.98 Å². The van der Waals surface area contributed by atoms with Gasteiger partial charge in [-0.05, 0) is 36.1 Å². The summed E-state index contributed by atoms with van der Waals surface area (Å²) in [6.45, 7) is 2.13. The Morgan fingerprint density at radius 2 is 2.28 bits per heavy atom. The summed E-state index contributed by atoms with van der Waals surface area (Å²) in [6, 6.07) is 9.77. The number of hydrogen-bond donors (Lipinski definition) is 2. The van der Waals surface area contributed by atoms with Crippen LogP contribution in [0.15, 0.2) is 30.5 Å². The minimum atomic E-state index is 0.0553. The van der Waals surface area contributed by atoms with Gasteiger partial charge in [-0.2, -0.15) is 5.26 Å². The molecule has 2 N–H and O–H groups in total. The predicted octanol–water partition coefficient (Wildman–Crippen LogP) is 2.29. The van der Waals surface area contributed by atoms with Gasteiger partial charge >= 0.3 is 0 Å². The van der Waals surface area contributed by atoms with E-state index in [9.17, 15) is 0 Å². The molecular weight excluding hydrogens is 226 g/mol. The summed E-state index contributed by atoms with van der Waals surface area (Å²) < 4.78 is 0. The molecule has 92 valence electrons. The zero-order chi connectivity index (χ0) is 13.0. The van der Waals surface area contributed by atoms with Crippen LogP contribution in [0, 0.1) is 11.3 Å². The zero-order valence-corrected chi connectivity index (χ0v) is 10.2. The number of pyridine rings is 1. The Hall–Kier alpha value is -2.12. The second-order valence-electron chi connectivity index (χ2n) is 4.14. The minimum Gasteiger partial charge on any atom is -0.394 e. The summed E-state index contributed by atoms with van der Waals surface area (Å²) in [5, 5.41) is 23.2. The second-order valence-corrected chi connectivity index (χ2v) is 4.14. The van der Waals surface area contributed by atoms with Crippen molar-refractivity contribution in [2.75, 3.05) is 11.9 Å². The molecule has 1 aromatic carbocycles. The summed E-state index contributed by atoms with van der Waals surface area (Å²) in [5.74, 6) is 0. The third-order valence-corrected chi connectivity index (χ3v) is 2.95. The maximum absolute atomic E-state index is 9.17. The third kappa shape index (κ3) is 2.41. The van der Waals surface area contributed by atoms with Gasteiger partial charge in [0.15, 0.2) is 0 Å². The number of hydrogen-bond acceptors (Lipinski definition) is 4. The predicted molar refractivity (Wildman–Crippen MR) is 71.2 cm³/mol. The first-order chi connectivity index (χ1) is 8.78. The van der Waals surface area contributed by atoms with Crippen LogP contribution in [-0.2, 0) is 0 Å². The Bertz CT molecular complexity index is 585. The van der Waals surface area contributed by atoms with E-state index < -0.39 is 0 Å². The molecule has 1 aromatic heterocycles. The monoisotopic (exact) mass is 241 g/mol. The van der Waals surface area contributed by atoms with Crippen LogP contribution in [0.3, 0.4) is 0 Å². The normalized spacial score (nSPS) is 12.1. The number of rotatable bonds is 4. The first kappa shape index (κ1) is 12.3. The van der Waals surface area contributed by atoms with Crippen LogP contribution in [0.4, 0.5) is 5.69 Å². The summed E-state index contributed by atoms with van der Waals surface area (Å²) in [7, 11) is 0. The topological polar surface area (TPSA) is 68.9 Å². The van der Waals surface area contributed by atoms with Gasteiger partial charge in [0, 0.05) is 23.3 Å². The van der Waals surface area contributed by atoms with Crippen molar-refractivity contribution in [3.8, 4) is 6.07 Å². The number of aliphatic hydroxyl groups excluding tert-OH is 1. The number of nitriles is 1. The summed E-state index contributed by atoms with van der Waals surface area (Å²) >= 11 is 0. The van der Waals surface area contributed by atoms with Gasteiger partial charge in [-0.15, -0.1) is 0 Å². The van der Waals surface area contributed by atoms with Crippen molar-refractivity contribution >= 4 is 16.5 Å². The van der Waals surface area contributed by atoms with Crippen LogP contribution >= 0.6 is 0 Å². The van der Waals surface area contributed by atoms with Crippen LogP contribution in [0.2, 0.25) is 0 Å². The van der Waals surface area contributed by atoms with Crippen molar-refractivity contribution in [1.82, 2.24) is 4.98 Å². The highest BCUT2D eigenvalue weighted by Crippen LogP contribution is 2.21. The van der Waals surface area contributed by atoms with Gasteiger partial charge in [0.2, 0.25) is 0 Å². The van der Waals surface area contributed by atoms with E-state index in [-0.39, 0.29) is 12.6 Å². The van der Waals surface area contributed by atoms with Gasteiger partial charge < -0.3 is 10.4 Å². The molecule has 0 radical (unpaired) electrons. The molecule has 4 nitrogen and oxygen atoms in total. The summed E-state index contributed by atoms with van der Waals surface area (Å²) in [6.07, 6.45) is 2.49. The number of fused-ring (bicyclic) bond motifs is 1. The second kappa shape index (κ2) is 5.48. The Kier molecular flexibility index (Phi) is 3.75. The van der Waals surface area contributed by atoms with Crippen LogP contribution in [-0.4, -0.2) is 22.7 Å². The Labute approximate surface area is 106 Å². The molecule has 1 atom stereocenters. The van der Waals surface area contributed by atoms with E-state index in [1.54, 1.807) is 6.20 Å². The fraction of sp³-hybridized carbons (Fsp3) is 0.286.